The highest BCUT2D eigenvalue weighted by atomic mass is 35.5. The van der Waals surface area contributed by atoms with Crippen molar-refractivity contribution in [3.63, 3.8) is 0 Å². The van der Waals surface area contributed by atoms with E-state index in [1.54, 1.807) is 16.5 Å². The van der Waals surface area contributed by atoms with E-state index in [0.29, 0.717) is 18.7 Å². The number of cyclic esters (lactones) is 1. The van der Waals surface area contributed by atoms with Gasteiger partial charge in [-0.2, -0.15) is 0 Å². The smallest absolute Gasteiger partial charge is 0.336 e. The molecule has 0 aliphatic carbocycles. The van der Waals surface area contributed by atoms with Gasteiger partial charge in [0.1, 0.15) is 6.61 Å². The maximum absolute atomic E-state index is 13.3. The maximum Gasteiger partial charge on any atom is 0.336 e. The first-order valence-electron chi connectivity index (χ1n) is 11.4. The van der Waals surface area contributed by atoms with Crippen LogP contribution >= 0.6 is 11.6 Å². The fraction of sp³-hybridized carbons (Fsp3) is 0.522. The first kappa shape index (κ1) is 20.8. The Morgan fingerprint density at radius 3 is 2.70 bits per heavy atom. The number of carbonyl (C=O) groups is 2. The minimum Gasteiger partial charge on any atom is -0.456 e. The molecule has 0 unspecified atom stereocenters. The molecular weight excluding hydrogens is 444 g/mol. The number of tetrazole rings is 1. The highest BCUT2D eigenvalue weighted by Crippen LogP contribution is 2.44. The third-order valence-electron chi connectivity index (χ3n) is 7.83. The van der Waals surface area contributed by atoms with E-state index in [2.05, 4.69) is 32.6 Å². The number of esters is 1. The van der Waals surface area contributed by atoms with Gasteiger partial charge in [0, 0.05) is 29.2 Å². The monoisotopic (exact) mass is 468 g/mol. The van der Waals surface area contributed by atoms with Crippen LogP contribution in [0.1, 0.15) is 37.3 Å². The number of hydrogen-bond donors (Lipinski definition) is 0. The lowest BCUT2D eigenvalue weighted by molar-refractivity contribution is -0.138. The van der Waals surface area contributed by atoms with Crippen molar-refractivity contribution < 1.29 is 14.3 Å². The van der Waals surface area contributed by atoms with Crippen molar-refractivity contribution in [2.24, 2.45) is 5.41 Å². The zero-order valence-electron chi connectivity index (χ0n) is 18.5. The number of nitrogens with zero attached hydrogens (tertiary/aromatic N) is 6. The van der Waals surface area contributed by atoms with Gasteiger partial charge in [-0.3, -0.25) is 4.79 Å². The zero-order valence-corrected chi connectivity index (χ0v) is 19.3. The Kier molecular flexibility index (Phi) is 4.81. The van der Waals surface area contributed by atoms with E-state index in [9.17, 15) is 9.59 Å². The van der Waals surface area contributed by atoms with Gasteiger partial charge in [-0.1, -0.05) is 23.7 Å². The Bertz CT molecular complexity index is 1200. The summed E-state index contributed by atoms with van der Waals surface area (Å²) in [7, 11) is 0. The lowest BCUT2D eigenvalue weighted by Gasteiger charge is -2.38. The Morgan fingerprint density at radius 1 is 1.15 bits per heavy atom. The van der Waals surface area contributed by atoms with Crippen molar-refractivity contribution >= 4 is 23.5 Å². The number of aromatic nitrogens is 4. The van der Waals surface area contributed by atoms with Crippen LogP contribution < -0.4 is 0 Å². The Labute approximate surface area is 196 Å². The van der Waals surface area contributed by atoms with E-state index < -0.39 is 0 Å². The molecule has 4 aliphatic rings. The molecule has 1 aromatic heterocycles. The second-order valence-electron chi connectivity index (χ2n) is 9.45. The molecule has 0 radical (unpaired) electrons. The van der Waals surface area contributed by atoms with Gasteiger partial charge in [0.15, 0.2) is 5.82 Å². The van der Waals surface area contributed by atoms with Crippen molar-refractivity contribution in [3.8, 4) is 11.4 Å². The summed E-state index contributed by atoms with van der Waals surface area (Å²) in [4.78, 5) is 29.3. The third kappa shape index (κ3) is 3.20. The predicted molar refractivity (Wildman–Crippen MR) is 119 cm³/mol. The number of fused-ring (bicyclic) bond motifs is 3. The lowest BCUT2D eigenvalue weighted by atomic mass is 9.77. The molecule has 2 aromatic rings. The standard InChI is InChI=1S/C23H25ClN6O3/c1-14-18(13-33-21(14)31)29-11-7-23(22(29)32)5-9-28(10-6-23)8-4-15-2-3-16-17(19(15)24)12-30-20(16)25-26-27-30/h2-3H,4-13H2,1H3. The average molecular weight is 469 g/mol. The van der Waals surface area contributed by atoms with Crippen LogP contribution in [0.2, 0.25) is 5.02 Å². The van der Waals surface area contributed by atoms with Gasteiger partial charge >= 0.3 is 5.97 Å². The van der Waals surface area contributed by atoms with E-state index in [1.807, 2.05) is 0 Å². The van der Waals surface area contributed by atoms with Gasteiger partial charge in [0.05, 0.1) is 23.2 Å². The number of amides is 1. The second-order valence-corrected chi connectivity index (χ2v) is 9.83. The average Bonchev–Trinajstić information content (AvgIpc) is 3.56. The Hall–Kier alpha value is -2.78. The Morgan fingerprint density at radius 2 is 1.94 bits per heavy atom. The van der Waals surface area contributed by atoms with Crippen molar-refractivity contribution in [1.82, 2.24) is 30.0 Å². The summed E-state index contributed by atoms with van der Waals surface area (Å²) >= 11 is 6.74. The number of likely N-dealkylation sites (tertiary alicyclic amines) is 2. The van der Waals surface area contributed by atoms with Crippen LogP contribution in [0.25, 0.3) is 11.4 Å². The number of carbonyl (C=O) groups excluding carboxylic acids is 2. The molecule has 2 fully saturated rings. The molecule has 33 heavy (non-hydrogen) atoms. The third-order valence-corrected chi connectivity index (χ3v) is 8.30. The molecule has 0 bridgehead atoms. The molecule has 1 amide bonds. The lowest BCUT2D eigenvalue weighted by Crippen LogP contribution is -2.45. The molecule has 1 spiro atoms. The first-order valence-corrected chi connectivity index (χ1v) is 11.8. The summed E-state index contributed by atoms with van der Waals surface area (Å²) in [6.45, 7) is 5.94. The first-order chi connectivity index (χ1) is 16.0. The fourth-order valence-electron chi connectivity index (χ4n) is 5.65. The topological polar surface area (TPSA) is 93.5 Å². The summed E-state index contributed by atoms with van der Waals surface area (Å²) in [5, 5.41) is 12.6. The van der Waals surface area contributed by atoms with E-state index in [1.165, 1.54) is 0 Å². The fourth-order valence-corrected chi connectivity index (χ4v) is 5.97. The minimum absolute atomic E-state index is 0.164. The predicted octanol–water partition coefficient (Wildman–Crippen LogP) is 2.04. The van der Waals surface area contributed by atoms with Crippen molar-refractivity contribution in [2.75, 3.05) is 32.8 Å². The number of hydrogen-bond acceptors (Lipinski definition) is 7. The minimum atomic E-state index is -0.309. The summed E-state index contributed by atoms with van der Waals surface area (Å²) in [6, 6.07) is 4.15. The molecule has 4 aliphatic heterocycles. The number of ether oxygens (including phenoxy) is 1. The van der Waals surface area contributed by atoms with E-state index in [-0.39, 0.29) is 23.9 Å². The van der Waals surface area contributed by atoms with Crippen LogP contribution in [0.5, 0.6) is 0 Å². The summed E-state index contributed by atoms with van der Waals surface area (Å²) in [6.07, 6.45) is 3.40. The van der Waals surface area contributed by atoms with Gasteiger partial charge < -0.3 is 14.5 Å². The van der Waals surface area contributed by atoms with Crippen LogP contribution in [-0.2, 0) is 27.3 Å². The van der Waals surface area contributed by atoms with E-state index in [4.69, 9.17) is 16.3 Å². The maximum atomic E-state index is 13.3. The van der Waals surface area contributed by atoms with E-state index >= 15 is 0 Å². The molecule has 1 aromatic carbocycles. The molecule has 5 heterocycles. The van der Waals surface area contributed by atoms with Crippen molar-refractivity contribution in [1.29, 1.82) is 0 Å². The number of halogens is 1. The molecule has 0 saturated carbocycles. The molecule has 10 heteroatoms. The van der Waals surface area contributed by atoms with Crippen LogP contribution in [0.3, 0.4) is 0 Å². The van der Waals surface area contributed by atoms with Crippen LogP contribution in [0.4, 0.5) is 0 Å². The Balaban J connectivity index is 1.08. The number of benzene rings is 1. The van der Waals surface area contributed by atoms with Crippen molar-refractivity contribution in [3.05, 3.63) is 39.6 Å². The SMILES string of the molecule is CC1=C(N2CCC3(CCN(CCc4ccc5c(c4Cl)Cn4nnnc4-5)CC3)C2=O)COC1=O. The molecule has 9 nitrogen and oxygen atoms in total. The molecule has 172 valence electrons. The van der Waals surface area contributed by atoms with Gasteiger partial charge in [0.2, 0.25) is 5.91 Å². The van der Waals surface area contributed by atoms with Gasteiger partial charge in [-0.25, -0.2) is 9.48 Å². The summed E-state index contributed by atoms with van der Waals surface area (Å²) in [5.74, 6) is 0.628. The van der Waals surface area contributed by atoms with Gasteiger partial charge in [0.25, 0.3) is 0 Å². The quantitative estimate of drug-likeness (QED) is 0.541. The normalized spacial score (nSPS) is 21.8. The highest BCUT2D eigenvalue weighted by molar-refractivity contribution is 6.32. The van der Waals surface area contributed by atoms with Crippen LogP contribution in [-0.4, -0.2) is 74.7 Å². The number of piperidine rings is 1. The molecule has 6 rings (SSSR count). The van der Waals surface area contributed by atoms with Crippen molar-refractivity contribution in [2.45, 2.75) is 39.2 Å². The van der Waals surface area contributed by atoms with Gasteiger partial charge in [-0.15, -0.1) is 5.10 Å². The zero-order chi connectivity index (χ0) is 22.7. The molecule has 0 atom stereocenters. The van der Waals surface area contributed by atoms with Gasteiger partial charge in [-0.05, 0) is 61.7 Å². The summed E-state index contributed by atoms with van der Waals surface area (Å²) in [5.41, 5.74) is 4.23. The second kappa shape index (κ2) is 7.63. The molecule has 2 saturated heterocycles. The highest BCUT2D eigenvalue weighted by Gasteiger charge is 2.50. The molecular formula is C23H25ClN6O3. The van der Waals surface area contributed by atoms with E-state index in [0.717, 1.165) is 78.6 Å². The summed E-state index contributed by atoms with van der Waals surface area (Å²) < 4.78 is 6.89. The largest absolute Gasteiger partial charge is 0.456 e. The number of rotatable bonds is 4. The van der Waals surface area contributed by atoms with Crippen LogP contribution in [0, 0.1) is 5.41 Å². The van der Waals surface area contributed by atoms with Crippen LogP contribution in [0.15, 0.2) is 23.4 Å². The molecule has 0 N–H and O–H groups in total.